The molecule has 1 fully saturated rings. The molecular formula is C15H18FN3O. The zero-order valence-corrected chi connectivity index (χ0v) is 11.5. The molecule has 0 radical (unpaired) electrons. The number of nitrogens with zero attached hydrogens (tertiary/aromatic N) is 2. The predicted octanol–water partition coefficient (Wildman–Crippen LogP) is 3.75. The Labute approximate surface area is 117 Å². The van der Waals surface area contributed by atoms with Crippen LogP contribution in [0.4, 0.5) is 10.1 Å². The average Bonchev–Trinajstić information content (AvgIpc) is 2.92. The highest BCUT2D eigenvalue weighted by atomic mass is 19.1. The van der Waals surface area contributed by atoms with E-state index in [1.54, 1.807) is 6.07 Å². The van der Waals surface area contributed by atoms with Gasteiger partial charge in [-0.15, -0.1) is 0 Å². The lowest BCUT2D eigenvalue weighted by Crippen LogP contribution is -2.11. The molecule has 5 heteroatoms. The largest absolute Gasteiger partial charge is 0.396 e. The lowest BCUT2D eigenvalue weighted by Gasteiger charge is -2.23. The number of nitrogens with two attached hydrogens (primary N) is 1. The van der Waals surface area contributed by atoms with Crippen molar-refractivity contribution in [2.45, 2.75) is 38.5 Å². The summed E-state index contributed by atoms with van der Waals surface area (Å²) in [6.07, 6.45) is 4.62. The van der Waals surface area contributed by atoms with E-state index in [2.05, 4.69) is 17.1 Å². The maximum atomic E-state index is 13.2. The Hall–Kier alpha value is -1.91. The summed E-state index contributed by atoms with van der Waals surface area (Å²) in [5.74, 6) is 1.89. The molecule has 0 atom stereocenters. The van der Waals surface area contributed by atoms with Gasteiger partial charge in [-0.05, 0) is 37.0 Å². The third-order valence-electron chi connectivity index (χ3n) is 4.07. The number of halogens is 1. The van der Waals surface area contributed by atoms with E-state index in [1.807, 2.05) is 0 Å². The van der Waals surface area contributed by atoms with Gasteiger partial charge in [0.2, 0.25) is 0 Å². The lowest BCUT2D eigenvalue weighted by molar-refractivity contribution is 0.329. The van der Waals surface area contributed by atoms with Crippen LogP contribution in [0.15, 0.2) is 22.7 Å². The summed E-state index contributed by atoms with van der Waals surface area (Å²) in [5.41, 5.74) is 6.31. The molecule has 106 valence electrons. The number of aromatic nitrogens is 2. The molecule has 1 saturated carbocycles. The molecule has 0 spiro atoms. The van der Waals surface area contributed by atoms with Crippen molar-refractivity contribution in [2.75, 3.05) is 5.73 Å². The quantitative estimate of drug-likeness (QED) is 0.848. The Morgan fingerprint density at radius 3 is 2.70 bits per heavy atom. The number of hydrogen-bond acceptors (Lipinski definition) is 4. The molecule has 1 aliphatic rings. The first-order valence-electron chi connectivity index (χ1n) is 7.02. The van der Waals surface area contributed by atoms with E-state index in [0.29, 0.717) is 17.4 Å². The van der Waals surface area contributed by atoms with Crippen molar-refractivity contribution < 1.29 is 8.91 Å². The first-order valence-corrected chi connectivity index (χ1v) is 7.02. The van der Waals surface area contributed by atoms with Gasteiger partial charge in [-0.1, -0.05) is 24.9 Å². The molecule has 3 rings (SSSR count). The van der Waals surface area contributed by atoms with Gasteiger partial charge < -0.3 is 10.3 Å². The minimum atomic E-state index is -0.435. The third-order valence-corrected chi connectivity index (χ3v) is 4.07. The van der Waals surface area contributed by atoms with Crippen LogP contribution in [0.25, 0.3) is 11.5 Å². The summed E-state index contributed by atoms with van der Waals surface area (Å²) < 4.78 is 18.4. The van der Waals surface area contributed by atoms with E-state index in [1.165, 1.54) is 25.0 Å². The first kappa shape index (κ1) is 13.1. The van der Waals surface area contributed by atoms with Gasteiger partial charge in [0.25, 0.3) is 5.89 Å². The summed E-state index contributed by atoms with van der Waals surface area (Å²) >= 11 is 0. The number of hydrogen-bond donors (Lipinski definition) is 1. The van der Waals surface area contributed by atoms with Crippen LogP contribution in [0, 0.1) is 11.7 Å². The molecule has 1 aromatic carbocycles. The van der Waals surface area contributed by atoms with Crippen molar-refractivity contribution in [1.82, 2.24) is 10.1 Å². The van der Waals surface area contributed by atoms with Crippen molar-refractivity contribution in [3.63, 3.8) is 0 Å². The van der Waals surface area contributed by atoms with Crippen LogP contribution in [0.2, 0.25) is 0 Å². The van der Waals surface area contributed by atoms with Crippen LogP contribution in [-0.4, -0.2) is 10.1 Å². The molecule has 1 aromatic heterocycles. The van der Waals surface area contributed by atoms with Gasteiger partial charge in [0.05, 0.1) is 5.69 Å². The summed E-state index contributed by atoms with van der Waals surface area (Å²) in [7, 11) is 0. The van der Waals surface area contributed by atoms with Crippen LogP contribution < -0.4 is 5.73 Å². The Morgan fingerprint density at radius 2 is 2.00 bits per heavy atom. The maximum Gasteiger partial charge on any atom is 0.258 e. The molecule has 0 aliphatic heterocycles. The fraction of sp³-hybridized carbons (Fsp3) is 0.467. The molecule has 0 saturated heterocycles. The fourth-order valence-corrected chi connectivity index (χ4v) is 2.71. The van der Waals surface area contributed by atoms with Gasteiger partial charge in [0.1, 0.15) is 5.82 Å². The van der Waals surface area contributed by atoms with Crippen molar-refractivity contribution in [3.8, 4) is 11.5 Å². The summed E-state index contributed by atoms with van der Waals surface area (Å²) in [4.78, 5) is 4.44. The van der Waals surface area contributed by atoms with E-state index < -0.39 is 5.82 Å². The van der Waals surface area contributed by atoms with Gasteiger partial charge in [-0.3, -0.25) is 0 Å². The molecule has 1 heterocycles. The Bertz CT molecular complexity index is 603. The fourth-order valence-electron chi connectivity index (χ4n) is 2.71. The second kappa shape index (κ2) is 5.23. The SMILES string of the molecule is CC1CCC(c2noc(-c3ccc(F)c(N)c3)n2)CC1. The van der Waals surface area contributed by atoms with E-state index in [9.17, 15) is 4.39 Å². The topological polar surface area (TPSA) is 64.9 Å². The molecule has 0 unspecified atom stereocenters. The molecule has 20 heavy (non-hydrogen) atoms. The first-order chi connectivity index (χ1) is 9.63. The predicted molar refractivity (Wildman–Crippen MR) is 74.5 cm³/mol. The van der Waals surface area contributed by atoms with Crippen LogP contribution >= 0.6 is 0 Å². The summed E-state index contributed by atoms with van der Waals surface area (Å²) in [6, 6.07) is 4.44. The van der Waals surface area contributed by atoms with Gasteiger partial charge in [0.15, 0.2) is 5.82 Å². The zero-order valence-electron chi connectivity index (χ0n) is 11.5. The highest BCUT2D eigenvalue weighted by Gasteiger charge is 2.24. The number of rotatable bonds is 2. The zero-order chi connectivity index (χ0) is 14.1. The molecular weight excluding hydrogens is 257 g/mol. The standard InChI is InChI=1S/C15H18FN3O/c1-9-2-4-10(5-3-9)14-18-15(20-19-14)11-6-7-12(16)13(17)8-11/h6-10H,2-5,17H2,1H3. The van der Waals surface area contributed by atoms with Crippen LogP contribution in [0.5, 0.6) is 0 Å². The highest BCUT2D eigenvalue weighted by molar-refractivity contribution is 5.60. The van der Waals surface area contributed by atoms with Gasteiger partial charge in [-0.25, -0.2) is 4.39 Å². The van der Waals surface area contributed by atoms with Crippen molar-refractivity contribution in [3.05, 3.63) is 29.8 Å². The molecule has 4 nitrogen and oxygen atoms in total. The van der Waals surface area contributed by atoms with Crippen LogP contribution in [0.3, 0.4) is 0 Å². The van der Waals surface area contributed by atoms with Crippen molar-refractivity contribution in [2.24, 2.45) is 5.92 Å². The average molecular weight is 275 g/mol. The molecule has 0 bridgehead atoms. The second-order valence-corrected chi connectivity index (χ2v) is 5.65. The second-order valence-electron chi connectivity index (χ2n) is 5.65. The van der Waals surface area contributed by atoms with Crippen molar-refractivity contribution >= 4 is 5.69 Å². The number of nitrogen functional groups attached to an aromatic ring is 1. The summed E-state index contributed by atoms with van der Waals surface area (Å²) in [6.45, 7) is 2.28. The van der Waals surface area contributed by atoms with Crippen LogP contribution in [-0.2, 0) is 0 Å². The van der Waals surface area contributed by atoms with Crippen LogP contribution in [0.1, 0.15) is 44.3 Å². The number of anilines is 1. The Kier molecular flexibility index (Phi) is 3.42. The van der Waals surface area contributed by atoms with E-state index >= 15 is 0 Å². The Balaban J connectivity index is 1.81. The van der Waals surface area contributed by atoms with Crippen molar-refractivity contribution in [1.29, 1.82) is 0 Å². The van der Waals surface area contributed by atoms with Gasteiger partial charge in [0, 0.05) is 11.5 Å². The monoisotopic (exact) mass is 275 g/mol. The molecule has 1 aliphatic carbocycles. The normalized spacial score (nSPS) is 22.9. The Morgan fingerprint density at radius 1 is 1.25 bits per heavy atom. The number of benzene rings is 1. The van der Waals surface area contributed by atoms with E-state index in [4.69, 9.17) is 10.3 Å². The van der Waals surface area contributed by atoms with Gasteiger partial charge >= 0.3 is 0 Å². The molecule has 2 aromatic rings. The van der Waals surface area contributed by atoms with E-state index in [0.717, 1.165) is 24.6 Å². The summed E-state index contributed by atoms with van der Waals surface area (Å²) in [5, 5.41) is 4.07. The third kappa shape index (κ3) is 2.53. The minimum Gasteiger partial charge on any atom is -0.396 e. The maximum absolute atomic E-state index is 13.2. The lowest BCUT2D eigenvalue weighted by atomic mass is 9.83. The minimum absolute atomic E-state index is 0.0914. The molecule has 2 N–H and O–H groups in total. The highest BCUT2D eigenvalue weighted by Crippen LogP contribution is 2.35. The van der Waals surface area contributed by atoms with Gasteiger partial charge in [-0.2, -0.15) is 4.98 Å². The van der Waals surface area contributed by atoms with E-state index in [-0.39, 0.29) is 5.69 Å². The smallest absolute Gasteiger partial charge is 0.258 e. The molecule has 0 amide bonds.